The van der Waals surface area contributed by atoms with E-state index in [1.165, 1.54) is 22.3 Å². The minimum atomic E-state index is 0. The van der Waals surface area contributed by atoms with Gasteiger partial charge in [-0.2, -0.15) is 84.9 Å². The standard InChI is InChI=1S/C14H11O.2C6H5.C5H5.2ClH.H2Si.Zr/c1-15-12-6-7-14-11(9-12)8-10-4-2-3-5-13(10)14;2*1-2-4-6-5-3-1;1-2-4-5-3-1;;;;/h2-7H,8H2,1H3;2*1-5H;1-3H,4H2;2*1H;1H2;/q4*-1;;;;. The SMILES string of the molecule is COc1[c-]c2c(cc1)-c1ccccc1C2.Cl.Cl.[C-]1=CC=CC1.[SiH2]=[Zr].[c-]1ccccc1.[c-]1ccccc1. The fourth-order valence-corrected chi connectivity index (χ4v) is 3.18. The van der Waals surface area contributed by atoms with Crippen LogP contribution in [0.3, 0.4) is 0 Å². The van der Waals surface area contributed by atoms with E-state index in [1.807, 2.05) is 85.8 Å². The maximum atomic E-state index is 5.18. The molecule has 2 aliphatic carbocycles. The molecule has 0 heterocycles. The molecule has 0 N–H and O–H groups in total. The number of methoxy groups -OCH3 is 1. The number of rotatable bonds is 1. The molecule has 0 bridgehead atoms. The van der Waals surface area contributed by atoms with Crippen LogP contribution in [0.5, 0.6) is 5.75 Å². The van der Waals surface area contributed by atoms with Gasteiger partial charge in [-0.3, -0.25) is 6.08 Å². The number of ether oxygens (including phenoxy) is 1. The Kier molecular flexibility index (Phi) is 20.7. The molecule has 0 saturated heterocycles. The molecule has 0 aliphatic heterocycles. The third-order valence-electron chi connectivity index (χ3n) is 4.70. The van der Waals surface area contributed by atoms with E-state index >= 15 is 0 Å². The summed E-state index contributed by atoms with van der Waals surface area (Å²) in [5.74, 6) is 0.821. The molecular formula is C31H30Cl2OSiZr-4. The minimum absolute atomic E-state index is 0. The molecule has 36 heavy (non-hydrogen) atoms. The Labute approximate surface area is 245 Å². The summed E-state index contributed by atoms with van der Waals surface area (Å²) >= 11 is 1.58. The van der Waals surface area contributed by atoms with Gasteiger partial charge in [0.25, 0.3) is 0 Å². The maximum absolute atomic E-state index is 5.18. The smallest absolute Gasteiger partial charge is 0.171 e. The molecule has 0 saturated carbocycles. The molecular weight excluding hydrogens is 579 g/mol. The third-order valence-corrected chi connectivity index (χ3v) is 4.70. The predicted molar refractivity (Wildman–Crippen MR) is 155 cm³/mol. The monoisotopic (exact) mass is 606 g/mol. The first kappa shape index (κ1) is 33.8. The topological polar surface area (TPSA) is 9.23 Å². The van der Waals surface area contributed by atoms with Crippen LogP contribution in [-0.4, -0.2) is 14.0 Å². The van der Waals surface area contributed by atoms with Crippen molar-refractivity contribution in [3.05, 3.63) is 151 Å². The van der Waals surface area contributed by atoms with E-state index in [0.29, 0.717) is 0 Å². The van der Waals surface area contributed by atoms with Crippen molar-refractivity contribution in [1.29, 1.82) is 0 Å². The third kappa shape index (κ3) is 12.7. The molecule has 2 aliphatic rings. The predicted octanol–water partition coefficient (Wildman–Crippen LogP) is 7.27. The van der Waals surface area contributed by atoms with Crippen molar-refractivity contribution in [1.82, 2.24) is 0 Å². The molecule has 0 radical (unpaired) electrons. The molecule has 0 fully saturated rings. The van der Waals surface area contributed by atoms with Crippen molar-refractivity contribution in [2.24, 2.45) is 0 Å². The number of fused-ring (bicyclic) bond motifs is 3. The molecule has 6 rings (SSSR count). The Morgan fingerprint density at radius 2 is 1.36 bits per heavy atom. The molecule has 0 spiro atoms. The number of allylic oxidation sites excluding steroid dienone is 4. The zero-order valence-corrected chi connectivity index (χ0v) is 25.8. The molecule has 0 aromatic heterocycles. The Morgan fingerprint density at radius 1 is 0.750 bits per heavy atom. The summed E-state index contributed by atoms with van der Waals surface area (Å²) in [5, 5.41) is 0. The van der Waals surface area contributed by atoms with Gasteiger partial charge >= 0.3 is 30.2 Å². The Morgan fingerprint density at radius 3 is 1.78 bits per heavy atom. The van der Waals surface area contributed by atoms with E-state index in [0.717, 1.165) is 18.6 Å². The second kappa shape index (κ2) is 22.1. The summed E-state index contributed by atoms with van der Waals surface area (Å²) in [6.45, 7) is 1.95. The van der Waals surface area contributed by atoms with Crippen LogP contribution in [0.4, 0.5) is 0 Å². The van der Waals surface area contributed by atoms with Crippen molar-refractivity contribution in [3.63, 3.8) is 0 Å². The van der Waals surface area contributed by atoms with Gasteiger partial charge < -0.3 is 4.74 Å². The van der Waals surface area contributed by atoms with Crippen molar-refractivity contribution in [2.45, 2.75) is 12.8 Å². The number of hydrogen-bond donors (Lipinski definition) is 0. The van der Waals surface area contributed by atoms with Crippen molar-refractivity contribution < 1.29 is 28.1 Å². The van der Waals surface area contributed by atoms with Gasteiger partial charge in [0.15, 0.2) is 0 Å². The van der Waals surface area contributed by atoms with Crippen LogP contribution in [0.1, 0.15) is 17.5 Å². The molecule has 0 amide bonds. The molecule has 1 nitrogen and oxygen atoms in total. The minimum Gasteiger partial charge on any atom is -0.184 e. The van der Waals surface area contributed by atoms with Crippen LogP contribution < -0.4 is 4.74 Å². The Balaban J connectivity index is 0.000000490. The van der Waals surface area contributed by atoms with E-state index in [4.69, 9.17) is 4.74 Å². The first-order valence-corrected chi connectivity index (χ1v) is 16.9. The van der Waals surface area contributed by atoms with Crippen LogP contribution in [0, 0.1) is 24.3 Å². The molecule has 186 valence electrons. The van der Waals surface area contributed by atoms with Gasteiger partial charge in [0.05, 0.1) is 7.11 Å². The summed E-state index contributed by atoms with van der Waals surface area (Å²) in [6, 6.07) is 40.9. The van der Waals surface area contributed by atoms with E-state index in [1.54, 1.807) is 30.4 Å². The maximum Gasteiger partial charge on any atom is -0.171 e. The van der Waals surface area contributed by atoms with Crippen LogP contribution >= 0.6 is 24.8 Å². The van der Waals surface area contributed by atoms with Crippen LogP contribution in [0.2, 0.25) is 0 Å². The van der Waals surface area contributed by atoms with Gasteiger partial charge in [0.1, 0.15) is 0 Å². The zero-order valence-electron chi connectivity index (χ0n) is 20.3. The van der Waals surface area contributed by atoms with Crippen molar-refractivity contribution >= 4 is 31.7 Å². The second-order valence-electron chi connectivity index (χ2n) is 6.91. The van der Waals surface area contributed by atoms with E-state index in [9.17, 15) is 0 Å². The quantitative estimate of drug-likeness (QED) is 0.144. The summed E-state index contributed by atoms with van der Waals surface area (Å²) < 4.78 is 5.18. The molecule has 4 aromatic carbocycles. The number of hydrogen-bond acceptors (Lipinski definition) is 1. The van der Waals surface area contributed by atoms with Gasteiger partial charge in [0.2, 0.25) is 0 Å². The first-order valence-electron chi connectivity index (χ1n) is 10.9. The fraction of sp³-hybridized carbons (Fsp3) is 0.0968. The average molecular weight is 609 g/mol. The Hall–Kier alpha value is -2.16. The molecule has 0 unspecified atom stereocenters. The van der Waals surface area contributed by atoms with Crippen LogP contribution in [0.25, 0.3) is 11.1 Å². The number of halogens is 2. The fourth-order valence-electron chi connectivity index (χ4n) is 3.18. The van der Waals surface area contributed by atoms with Crippen LogP contribution in [-0.2, 0) is 29.8 Å². The average Bonchev–Trinajstić information content (AvgIpc) is 3.64. The molecule has 0 atom stereocenters. The van der Waals surface area contributed by atoms with Gasteiger partial charge in [-0.25, -0.2) is 12.2 Å². The Bertz CT molecular complexity index is 1040. The zero-order chi connectivity index (χ0) is 24.3. The van der Waals surface area contributed by atoms with Gasteiger partial charge in [-0.05, 0) is 6.42 Å². The summed E-state index contributed by atoms with van der Waals surface area (Å²) in [6.07, 6.45) is 11.0. The van der Waals surface area contributed by atoms with Crippen molar-refractivity contribution in [3.8, 4) is 16.9 Å². The van der Waals surface area contributed by atoms with E-state index < -0.39 is 0 Å². The van der Waals surface area contributed by atoms with Gasteiger partial charge in [-0.1, -0.05) is 35.4 Å². The van der Waals surface area contributed by atoms with Crippen molar-refractivity contribution in [2.75, 3.05) is 7.11 Å². The molecule has 5 heteroatoms. The number of benzene rings is 4. The van der Waals surface area contributed by atoms with E-state index in [-0.39, 0.29) is 24.8 Å². The first-order chi connectivity index (χ1) is 16.9. The second-order valence-corrected chi connectivity index (χ2v) is 6.91. The van der Waals surface area contributed by atoms with Crippen LogP contribution in [0.15, 0.2) is 115 Å². The summed E-state index contributed by atoms with van der Waals surface area (Å²) in [5.41, 5.74) is 5.27. The summed E-state index contributed by atoms with van der Waals surface area (Å²) in [7, 11) is 1.68. The normalized spacial score (nSPS) is 10.2. The molecule has 4 aromatic rings. The largest absolute Gasteiger partial charge is 0.184 e. The van der Waals surface area contributed by atoms with E-state index in [2.05, 4.69) is 60.7 Å². The summed E-state index contributed by atoms with van der Waals surface area (Å²) in [4.78, 5) is 0. The van der Waals surface area contributed by atoms with Gasteiger partial charge in [0, 0.05) is 5.75 Å². The van der Waals surface area contributed by atoms with Gasteiger partial charge in [-0.15, -0.1) is 54.5 Å².